The summed E-state index contributed by atoms with van der Waals surface area (Å²) in [6.45, 7) is 0. The normalized spacial score (nSPS) is 13.4. The van der Waals surface area contributed by atoms with Crippen LogP contribution < -0.4 is 4.13 Å². The molecule has 3 rings (SSSR count). The van der Waals surface area contributed by atoms with Gasteiger partial charge in [0.2, 0.25) is 0 Å². The Morgan fingerprint density at radius 1 is 1.12 bits per heavy atom. The first-order valence-corrected chi connectivity index (χ1v) is 9.73. The van der Waals surface area contributed by atoms with E-state index in [1.54, 1.807) is 0 Å². The average Bonchev–Trinajstić information content (AvgIpc) is 3.11. The third-order valence-electron chi connectivity index (χ3n) is 3.31. The SMILES string of the molecule is Cn1cc(S(=O)(=O)NS(=O)(=O)c2ccc3occc3c2)c(C(F)(F)F)n1. The van der Waals surface area contributed by atoms with Crippen molar-refractivity contribution in [1.82, 2.24) is 13.9 Å². The molecule has 0 atom stereocenters. The van der Waals surface area contributed by atoms with Gasteiger partial charge in [0.15, 0.2) is 5.69 Å². The smallest absolute Gasteiger partial charge is 0.436 e. The van der Waals surface area contributed by atoms with Crippen LogP contribution >= 0.6 is 0 Å². The summed E-state index contributed by atoms with van der Waals surface area (Å²) in [6.07, 6.45) is -3.21. The monoisotopic (exact) mass is 409 g/mol. The van der Waals surface area contributed by atoms with Gasteiger partial charge in [-0.15, -0.1) is 4.13 Å². The van der Waals surface area contributed by atoms with Crippen LogP contribution in [0, 0.1) is 0 Å². The van der Waals surface area contributed by atoms with E-state index in [1.165, 1.54) is 22.5 Å². The highest BCUT2D eigenvalue weighted by molar-refractivity contribution is 8.04. The molecule has 26 heavy (non-hydrogen) atoms. The zero-order valence-electron chi connectivity index (χ0n) is 12.9. The van der Waals surface area contributed by atoms with E-state index in [0.717, 1.165) is 19.2 Å². The minimum absolute atomic E-state index is 0.360. The third-order valence-corrected chi connectivity index (χ3v) is 6.81. The maximum Gasteiger partial charge on any atom is 0.436 e. The van der Waals surface area contributed by atoms with E-state index in [-0.39, 0.29) is 0 Å². The van der Waals surface area contributed by atoms with E-state index in [0.29, 0.717) is 21.8 Å². The molecule has 0 radical (unpaired) electrons. The molecule has 13 heteroatoms. The lowest BCUT2D eigenvalue weighted by molar-refractivity contribution is -0.143. The fraction of sp³-hybridized carbons (Fsp3) is 0.154. The summed E-state index contributed by atoms with van der Waals surface area (Å²) in [5, 5.41) is 3.43. The summed E-state index contributed by atoms with van der Waals surface area (Å²) in [6, 6.07) is 4.94. The van der Waals surface area contributed by atoms with Gasteiger partial charge in [-0.3, -0.25) is 4.68 Å². The lowest BCUT2D eigenvalue weighted by Gasteiger charge is -2.09. The van der Waals surface area contributed by atoms with Crippen molar-refractivity contribution in [1.29, 1.82) is 0 Å². The molecule has 0 aliphatic rings. The number of aromatic nitrogens is 2. The van der Waals surface area contributed by atoms with Crippen LogP contribution in [0.1, 0.15) is 5.69 Å². The van der Waals surface area contributed by atoms with Gasteiger partial charge in [-0.1, -0.05) is 0 Å². The van der Waals surface area contributed by atoms with Crippen molar-refractivity contribution >= 4 is 31.0 Å². The molecule has 0 bridgehead atoms. The molecule has 0 unspecified atom stereocenters. The number of fused-ring (bicyclic) bond motifs is 1. The van der Waals surface area contributed by atoms with Gasteiger partial charge in [0.05, 0.1) is 11.2 Å². The summed E-state index contributed by atoms with van der Waals surface area (Å²) in [5.41, 5.74) is -1.36. The van der Waals surface area contributed by atoms with E-state index in [9.17, 15) is 30.0 Å². The summed E-state index contributed by atoms with van der Waals surface area (Å²) in [4.78, 5) is -1.74. The highest BCUT2D eigenvalue weighted by Gasteiger charge is 2.42. The van der Waals surface area contributed by atoms with E-state index >= 15 is 0 Å². The Balaban J connectivity index is 2.04. The lowest BCUT2D eigenvalue weighted by atomic mass is 10.3. The van der Waals surface area contributed by atoms with Gasteiger partial charge < -0.3 is 4.42 Å². The van der Waals surface area contributed by atoms with Gasteiger partial charge in [-0.05, 0) is 24.3 Å². The van der Waals surface area contributed by atoms with Crippen LogP contribution in [-0.4, -0.2) is 26.6 Å². The second-order valence-electron chi connectivity index (χ2n) is 5.22. The Labute approximate surface area is 145 Å². The number of hydrogen-bond acceptors (Lipinski definition) is 6. The molecule has 2 aromatic heterocycles. The molecule has 3 aromatic rings. The van der Waals surface area contributed by atoms with Crippen LogP contribution in [0.25, 0.3) is 11.0 Å². The molecule has 0 fully saturated rings. The van der Waals surface area contributed by atoms with Gasteiger partial charge >= 0.3 is 6.18 Å². The lowest BCUT2D eigenvalue weighted by Crippen LogP contribution is -2.31. The fourth-order valence-electron chi connectivity index (χ4n) is 2.21. The molecule has 1 aromatic carbocycles. The number of rotatable bonds is 4. The molecule has 0 aliphatic heterocycles. The molecule has 0 amide bonds. The first kappa shape index (κ1) is 18.4. The number of benzene rings is 1. The minimum atomic E-state index is -5.08. The highest BCUT2D eigenvalue weighted by atomic mass is 32.3. The van der Waals surface area contributed by atoms with Gasteiger partial charge in [0.1, 0.15) is 10.5 Å². The fourth-order valence-corrected chi connectivity index (χ4v) is 5.34. The predicted molar refractivity (Wildman–Crippen MR) is 81.9 cm³/mol. The standard InChI is InChI=1S/C13H10F3N3O5S2/c1-19-7-11(12(17-19)13(14,15)16)26(22,23)18-25(20,21)9-2-3-10-8(6-9)4-5-24-10/h2-7,18H,1H3. The second-order valence-corrected chi connectivity index (χ2v) is 8.82. The first-order chi connectivity index (χ1) is 11.9. The average molecular weight is 409 g/mol. The largest absolute Gasteiger partial charge is 0.464 e. The topological polar surface area (TPSA) is 111 Å². The number of halogens is 3. The molecule has 0 aliphatic carbocycles. The summed E-state index contributed by atoms with van der Waals surface area (Å²) >= 11 is 0. The molecule has 8 nitrogen and oxygen atoms in total. The molecular weight excluding hydrogens is 399 g/mol. The van der Waals surface area contributed by atoms with Crippen LogP contribution in [0.5, 0.6) is 0 Å². The van der Waals surface area contributed by atoms with Gasteiger partial charge in [0.25, 0.3) is 20.0 Å². The molecule has 140 valence electrons. The van der Waals surface area contributed by atoms with Gasteiger partial charge in [-0.25, -0.2) is 16.8 Å². The van der Waals surface area contributed by atoms with E-state index in [2.05, 4.69) is 5.10 Å². The molecule has 0 saturated heterocycles. The van der Waals surface area contributed by atoms with Crippen molar-refractivity contribution in [2.75, 3.05) is 0 Å². The van der Waals surface area contributed by atoms with Crippen molar-refractivity contribution < 1.29 is 34.4 Å². The molecule has 0 saturated carbocycles. The number of alkyl halides is 3. The Morgan fingerprint density at radius 3 is 2.46 bits per heavy atom. The summed E-state index contributed by atoms with van der Waals surface area (Å²) in [7, 11) is -8.66. The minimum Gasteiger partial charge on any atom is -0.464 e. The molecule has 0 spiro atoms. The van der Waals surface area contributed by atoms with E-state index < -0.39 is 41.7 Å². The highest BCUT2D eigenvalue weighted by Crippen LogP contribution is 2.33. The number of hydrogen-bond donors (Lipinski definition) is 1. The van der Waals surface area contributed by atoms with Crippen LogP contribution in [0.3, 0.4) is 0 Å². The quantitative estimate of drug-likeness (QED) is 0.704. The second kappa shape index (κ2) is 5.82. The van der Waals surface area contributed by atoms with Crippen LogP contribution in [0.4, 0.5) is 13.2 Å². The van der Waals surface area contributed by atoms with Crippen LogP contribution in [0.15, 0.2) is 50.9 Å². The van der Waals surface area contributed by atoms with Crippen molar-refractivity contribution in [2.45, 2.75) is 16.0 Å². The number of sulfonamides is 2. The Bertz CT molecular complexity index is 1190. The Morgan fingerprint density at radius 2 is 1.81 bits per heavy atom. The van der Waals surface area contributed by atoms with Gasteiger partial charge in [0, 0.05) is 18.6 Å². The van der Waals surface area contributed by atoms with Crippen molar-refractivity contribution in [3.63, 3.8) is 0 Å². The molecule has 2 heterocycles. The zero-order valence-corrected chi connectivity index (χ0v) is 14.5. The van der Waals surface area contributed by atoms with Crippen LogP contribution in [0.2, 0.25) is 0 Å². The first-order valence-electron chi connectivity index (χ1n) is 6.77. The zero-order chi connectivity index (χ0) is 19.3. The number of furan rings is 1. The third kappa shape index (κ3) is 3.32. The maximum atomic E-state index is 13.0. The van der Waals surface area contributed by atoms with E-state index in [1.807, 2.05) is 0 Å². The van der Waals surface area contributed by atoms with Gasteiger partial charge in [-0.2, -0.15) is 18.3 Å². The van der Waals surface area contributed by atoms with Crippen molar-refractivity contribution in [2.24, 2.45) is 7.05 Å². The summed E-state index contributed by atoms with van der Waals surface area (Å²) in [5.74, 6) is 0. The van der Waals surface area contributed by atoms with Crippen LogP contribution in [-0.2, 0) is 33.3 Å². The number of aryl methyl sites for hydroxylation is 1. The predicted octanol–water partition coefficient (Wildman–Crippen LogP) is 1.85. The summed E-state index contributed by atoms with van der Waals surface area (Å²) < 4.78 is 95.0. The molecular formula is C13H10F3N3O5S2. The Hall–Kier alpha value is -2.38. The number of nitrogens with zero attached hydrogens (tertiary/aromatic N) is 2. The van der Waals surface area contributed by atoms with Crippen molar-refractivity contribution in [3.8, 4) is 0 Å². The molecule has 1 N–H and O–H groups in total. The number of nitrogens with one attached hydrogen (secondary N) is 1. The maximum absolute atomic E-state index is 13.0. The Kier molecular flexibility index (Phi) is 4.12. The van der Waals surface area contributed by atoms with Crippen molar-refractivity contribution in [3.05, 3.63) is 42.4 Å². The van der Waals surface area contributed by atoms with E-state index in [4.69, 9.17) is 4.42 Å².